The Hall–Kier alpha value is -2.93. The van der Waals surface area contributed by atoms with Crippen LogP contribution in [0.25, 0.3) is 0 Å². The number of rotatable bonds is 7. The molecule has 0 saturated heterocycles. The normalized spacial score (nSPS) is 13.7. The van der Waals surface area contributed by atoms with Crippen LogP contribution < -0.4 is 15.0 Å². The van der Waals surface area contributed by atoms with Gasteiger partial charge in [-0.15, -0.1) is 0 Å². The predicted octanol–water partition coefficient (Wildman–Crippen LogP) is 6.38. The summed E-state index contributed by atoms with van der Waals surface area (Å²) < 4.78 is 5.67. The molecule has 2 amide bonds. The first-order valence-electron chi connectivity index (χ1n) is 9.79. The van der Waals surface area contributed by atoms with Crippen molar-refractivity contribution in [2.75, 3.05) is 16.8 Å². The average Bonchev–Trinajstić information content (AvgIpc) is 3.00. The van der Waals surface area contributed by atoms with Gasteiger partial charge in [-0.1, -0.05) is 53.2 Å². The van der Waals surface area contributed by atoms with Crippen molar-refractivity contribution < 1.29 is 14.3 Å². The summed E-state index contributed by atoms with van der Waals surface area (Å²) in [5.74, 6) is -0.326. The molecule has 1 N–H and O–H groups in total. The highest BCUT2D eigenvalue weighted by molar-refractivity contribution is 8.04. The number of anilines is 2. The summed E-state index contributed by atoms with van der Waals surface area (Å²) in [5.41, 5.74) is 1.16. The van der Waals surface area contributed by atoms with E-state index >= 15 is 0 Å². The second-order valence-electron chi connectivity index (χ2n) is 6.74. The van der Waals surface area contributed by atoms with Crippen LogP contribution in [0.15, 0.2) is 88.3 Å². The van der Waals surface area contributed by atoms with Crippen LogP contribution in [0.1, 0.15) is 6.92 Å². The molecule has 3 aromatic carbocycles. The van der Waals surface area contributed by atoms with Crippen LogP contribution in [0.5, 0.6) is 5.75 Å². The van der Waals surface area contributed by atoms with E-state index in [4.69, 9.17) is 27.9 Å². The van der Waals surface area contributed by atoms with Crippen molar-refractivity contribution in [2.24, 2.45) is 0 Å². The van der Waals surface area contributed by atoms with Crippen molar-refractivity contribution in [3.63, 3.8) is 0 Å². The molecule has 1 heterocycles. The molecule has 3 aromatic rings. The third kappa shape index (κ3) is 4.63. The summed E-state index contributed by atoms with van der Waals surface area (Å²) >= 11 is 13.3. The third-order valence-corrected chi connectivity index (χ3v) is 6.17. The van der Waals surface area contributed by atoms with E-state index < -0.39 is 11.8 Å². The first-order chi connectivity index (χ1) is 15.5. The first-order valence-corrected chi connectivity index (χ1v) is 11.4. The fourth-order valence-electron chi connectivity index (χ4n) is 3.17. The lowest BCUT2D eigenvalue weighted by molar-refractivity contribution is -0.120. The summed E-state index contributed by atoms with van der Waals surface area (Å²) in [6, 6.07) is 21.0. The molecule has 8 heteroatoms. The molecular weight excluding hydrogens is 467 g/mol. The number of halogens is 2. The van der Waals surface area contributed by atoms with Crippen molar-refractivity contribution in [3.8, 4) is 5.75 Å². The third-order valence-electron chi connectivity index (χ3n) is 4.59. The van der Waals surface area contributed by atoms with Gasteiger partial charge in [-0.3, -0.25) is 9.59 Å². The minimum atomic E-state index is -0.472. The number of carbonyl (C=O) groups excluding carboxylic acids is 2. The van der Waals surface area contributed by atoms with Gasteiger partial charge in [0.25, 0.3) is 11.8 Å². The Morgan fingerprint density at radius 3 is 2.38 bits per heavy atom. The molecule has 1 aliphatic heterocycles. The molecule has 5 nitrogen and oxygen atoms in total. The lowest BCUT2D eigenvalue weighted by Gasteiger charge is -2.16. The number of thioether (sulfide) groups is 1. The van der Waals surface area contributed by atoms with E-state index in [-0.39, 0.29) is 10.6 Å². The van der Waals surface area contributed by atoms with E-state index in [1.807, 2.05) is 19.1 Å². The van der Waals surface area contributed by atoms with Crippen molar-refractivity contribution in [2.45, 2.75) is 11.8 Å². The fourth-order valence-corrected chi connectivity index (χ4v) is 4.41. The van der Waals surface area contributed by atoms with E-state index in [0.717, 1.165) is 9.80 Å². The van der Waals surface area contributed by atoms with Crippen molar-refractivity contribution in [3.05, 3.63) is 93.4 Å². The number of nitrogens with one attached hydrogen (secondary N) is 1. The lowest BCUT2D eigenvalue weighted by Crippen LogP contribution is -2.32. The van der Waals surface area contributed by atoms with E-state index in [0.29, 0.717) is 33.8 Å². The van der Waals surface area contributed by atoms with Crippen molar-refractivity contribution in [1.82, 2.24) is 0 Å². The van der Waals surface area contributed by atoms with Gasteiger partial charge in [-0.05, 0) is 61.5 Å². The molecule has 0 spiro atoms. The van der Waals surface area contributed by atoms with Gasteiger partial charge in [-0.25, -0.2) is 4.90 Å². The van der Waals surface area contributed by atoms with Gasteiger partial charge in [0, 0.05) is 14.9 Å². The first kappa shape index (κ1) is 22.3. The monoisotopic (exact) mass is 484 g/mol. The Bertz CT molecular complexity index is 1210. The molecule has 1 aliphatic rings. The highest BCUT2D eigenvalue weighted by atomic mass is 35.5. The van der Waals surface area contributed by atoms with E-state index in [1.165, 1.54) is 11.8 Å². The van der Waals surface area contributed by atoms with Crippen molar-refractivity contribution in [1.29, 1.82) is 0 Å². The van der Waals surface area contributed by atoms with Crippen LogP contribution in [0.4, 0.5) is 11.4 Å². The Kier molecular flexibility index (Phi) is 6.74. The average molecular weight is 485 g/mol. The molecule has 0 aromatic heterocycles. The summed E-state index contributed by atoms with van der Waals surface area (Å²) in [6.45, 7) is 2.34. The number of para-hydroxylation sites is 2. The van der Waals surface area contributed by atoms with Gasteiger partial charge in [0.1, 0.15) is 16.4 Å². The molecule has 4 rings (SSSR count). The molecule has 0 radical (unpaired) electrons. The van der Waals surface area contributed by atoms with Crippen LogP contribution in [-0.4, -0.2) is 18.4 Å². The van der Waals surface area contributed by atoms with E-state index in [1.54, 1.807) is 60.7 Å². The number of carbonyl (C=O) groups is 2. The van der Waals surface area contributed by atoms with Crippen LogP contribution >= 0.6 is 35.0 Å². The van der Waals surface area contributed by atoms with Crippen LogP contribution in [-0.2, 0) is 9.59 Å². The minimum absolute atomic E-state index is 0.169. The number of ether oxygens (including phenoxy) is 1. The molecule has 0 saturated carbocycles. The van der Waals surface area contributed by atoms with Gasteiger partial charge in [0.05, 0.1) is 18.0 Å². The molecule has 0 fully saturated rings. The summed E-state index contributed by atoms with van der Waals surface area (Å²) in [5, 5.41) is 4.15. The SMILES string of the molecule is CCOc1ccccc1NC1=C(Sc2ccc(Cl)cc2)C(=O)N(c2cccc(Cl)c2)C1=O. The maximum absolute atomic E-state index is 13.4. The smallest absolute Gasteiger partial charge is 0.283 e. The van der Waals surface area contributed by atoms with Gasteiger partial charge in [-0.2, -0.15) is 0 Å². The van der Waals surface area contributed by atoms with E-state index in [2.05, 4.69) is 5.32 Å². The molecule has 0 unspecified atom stereocenters. The lowest BCUT2D eigenvalue weighted by atomic mass is 10.2. The zero-order valence-corrected chi connectivity index (χ0v) is 19.3. The topological polar surface area (TPSA) is 58.6 Å². The summed E-state index contributed by atoms with van der Waals surface area (Å²) in [6.07, 6.45) is 0. The summed E-state index contributed by atoms with van der Waals surface area (Å²) in [7, 11) is 0. The summed E-state index contributed by atoms with van der Waals surface area (Å²) in [4.78, 5) is 29.0. The molecule has 0 aliphatic carbocycles. The highest BCUT2D eigenvalue weighted by Crippen LogP contribution is 2.39. The molecule has 0 atom stereocenters. The molecule has 32 heavy (non-hydrogen) atoms. The van der Waals surface area contributed by atoms with Crippen LogP contribution in [0.2, 0.25) is 10.0 Å². The van der Waals surface area contributed by atoms with Crippen LogP contribution in [0.3, 0.4) is 0 Å². The standard InChI is InChI=1S/C24H18Cl2N2O3S/c1-2-31-20-9-4-3-8-19(20)27-21-22(32-18-12-10-15(25)11-13-18)24(30)28(23(21)29)17-7-5-6-16(26)14-17/h3-14,27H,2H2,1H3. The zero-order valence-electron chi connectivity index (χ0n) is 17.0. The van der Waals surface area contributed by atoms with Gasteiger partial charge < -0.3 is 10.1 Å². The maximum atomic E-state index is 13.4. The van der Waals surface area contributed by atoms with Gasteiger partial charge in [0.2, 0.25) is 0 Å². The second-order valence-corrected chi connectivity index (χ2v) is 8.70. The van der Waals surface area contributed by atoms with Gasteiger partial charge >= 0.3 is 0 Å². The number of nitrogens with zero attached hydrogens (tertiary/aromatic N) is 1. The quantitative estimate of drug-likeness (QED) is 0.394. The van der Waals surface area contributed by atoms with Crippen molar-refractivity contribution >= 4 is 58.2 Å². The number of hydrogen-bond donors (Lipinski definition) is 1. The molecule has 162 valence electrons. The van der Waals surface area contributed by atoms with Gasteiger partial charge in [0.15, 0.2) is 0 Å². The maximum Gasteiger partial charge on any atom is 0.283 e. The predicted molar refractivity (Wildman–Crippen MR) is 130 cm³/mol. The Labute approximate surface area is 200 Å². The Morgan fingerprint density at radius 2 is 1.66 bits per heavy atom. The number of amides is 2. The largest absolute Gasteiger partial charge is 0.492 e. The van der Waals surface area contributed by atoms with Crippen LogP contribution in [0, 0.1) is 0 Å². The number of imide groups is 1. The van der Waals surface area contributed by atoms with E-state index in [9.17, 15) is 9.59 Å². The number of hydrogen-bond acceptors (Lipinski definition) is 5. The second kappa shape index (κ2) is 9.69. The Balaban J connectivity index is 1.76. The zero-order chi connectivity index (χ0) is 22.7. The Morgan fingerprint density at radius 1 is 0.906 bits per heavy atom. The minimum Gasteiger partial charge on any atom is -0.492 e. The fraction of sp³-hybridized carbons (Fsp3) is 0.0833. The molecule has 0 bridgehead atoms. The number of benzene rings is 3. The highest BCUT2D eigenvalue weighted by Gasteiger charge is 2.40. The molecular formula is C24H18Cl2N2O3S.